The number of benzene rings is 2. The molecule has 7 nitrogen and oxygen atoms in total. The minimum absolute atomic E-state index is 0.00662. The zero-order valence-electron chi connectivity index (χ0n) is 14.8. The highest BCUT2D eigenvalue weighted by atomic mass is 32.1. The van der Waals surface area contributed by atoms with Crippen LogP contribution in [0.4, 0.5) is 5.69 Å². The van der Waals surface area contributed by atoms with Crippen molar-refractivity contribution >= 4 is 40.2 Å². The van der Waals surface area contributed by atoms with E-state index in [0.29, 0.717) is 20.9 Å². The van der Waals surface area contributed by atoms with Gasteiger partial charge in [0.15, 0.2) is 5.82 Å². The molecule has 0 unspecified atom stereocenters. The van der Waals surface area contributed by atoms with Crippen molar-refractivity contribution in [2.24, 2.45) is 0 Å². The second-order valence-electron chi connectivity index (χ2n) is 6.17. The van der Waals surface area contributed by atoms with Crippen molar-refractivity contribution in [1.82, 2.24) is 14.6 Å². The van der Waals surface area contributed by atoms with Gasteiger partial charge in [-0.25, -0.2) is 0 Å². The zero-order valence-corrected chi connectivity index (χ0v) is 15.6. The molecule has 2 aromatic heterocycles. The smallest absolute Gasteiger partial charge is 0.266 e. The Morgan fingerprint density at radius 1 is 1.04 bits per heavy atom. The van der Waals surface area contributed by atoms with Gasteiger partial charge in [0.05, 0.1) is 9.46 Å². The van der Waals surface area contributed by atoms with Crippen molar-refractivity contribution in [3.05, 3.63) is 96.0 Å². The van der Waals surface area contributed by atoms with Crippen molar-refractivity contribution in [1.29, 1.82) is 0 Å². The Morgan fingerprint density at radius 3 is 2.36 bits per heavy atom. The molecule has 0 aliphatic rings. The molecular formula is C20H14N4O3S. The standard InChI is InChI=1S/C20H14N4O3S/c1-13-2-4-14(5-3-13)8-11-18-21-20-23(22-18)19(25)17(28-20)12-15-6-9-16(10-7-15)24(26)27/h2-12H,1H3/b11-8+,17-12-. The first-order chi connectivity index (χ1) is 13.5. The number of aryl methyl sites for hydroxylation is 1. The van der Waals surface area contributed by atoms with E-state index in [1.807, 2.05) is 37.3 Å². The Kier molecular flexibility index (Phi) is 4.54. The number of non-ortho nitro benzene ring substituents is 1. The van der Waals surface area contributed by atoms with E-state index in [-0.39, 0.29) is 11.2 Å². The quantitative estimate of drug-likeness (QED) is 0.394. The van der Waals surface area contributed by atoms with Crippen LogP contribution in [0.2, 0.25) is 0 Å². The van der Waals surface area contributed by atoms with Crippen LogP contribution in [0.15, 0.2) is 53.3 Å². The van der Waals surface area contributed by atoms with Gasteiger partial charge in [-0.05, 0) is 42.3 Å². The minimum Gasteiger partial charge on any atom is -0.266 e. The van der Waals surface area contributed by atoms with Crippen LogP contribution in [0, 0.1) is 17.0 Å². The monoisotopic (exact) mass is 390 g/mol. The van der Waals surface area contributed by atoms with Gasteiger partial charge < -0.3 is 0 Å². The molecule has 0 fully saturated rings. The molecule has 138 valence electrons. The second-order valence-corrected chi connectivity index (χ2v) is 7.18. The number of nitro benzene ring substituents is 1. The van der Waals surface area contributed by atoms with Crippen LogP contribution in [0.1, 0.15) is 22.5 Å². The van der Waals surface area contributed by atoms with Crippen LogP contribution in [0.5, 0.6) is 0 Å². The van der Waals surface area contributed by atoms with Crippen LogP contribution in [-0.4, -0.2) is 19.5 Å². The average molecular weight is 390 g/mol. The van der Waals surface area contributed by atoms with E-state index in [9.17, 15) is 14.9 Å². The van der Waals surface area contributed by atoms with Gasteiger partial charge in [0.1, 0.15) is 0 Å². The Balaban J connectivity index is 1.63. The molecule has 0 bridgehead atoms. The molecule has 8 heteroatoms. The number of thiazole rings is 1. The van der Waals surface area contributed by atoms with E-state index in [4.69, 9.17) is 0 Å². The molecule has 2 aromatic carbocycles. The highest BCUT2D eigenvalue weighted by Crippen LogP contribution is 2.13. The first-order valence-electron chi connectivity index (χ1n) is 8.40. The van der Waals surface area contributed by atoms with Gasteiger partial charge in [0.25, 0.3) is 11.2 Å². The average Bonchev–Trinajstić information content (AvgIpc) is 3.21. The number of rotatable bonds is 4. The molecule has 0 amide bonds. The van der Waals surface area contributed by atoms with Gasteiger partial charge in [-0.3, -0.25) is 14.9 Å². The fourth-order valence-electron chi connectivity index (χ4n) is 2.61. The summed E-state index contributed by atoms with van der Waals surface area (Å²) in [5.74, 6) is 0.464. The lowest BCUT2D eigenvalue weighted by Crippen LogP contribution is -2.23. The van der Waals surface area contributed by atoms with Gasteiger partial charge in [-0.2, -0.15) is 9.50 Å². The normalized spacial score (nSPS) is 12.2. The molecule has 0 atom stereocenters. The van der Waals surface area contributed by atoms with Crippen LogP contribution in [0.25, 0.3) is 23.2 Å². The van der Waals surface area contributed by atoms with Gasteiger partial charge >= 0.3 is 0 Å². The summed E-state index contributed by atoms with van der Waals surface area (Å²) in [6.07, 6.45) is 5.34. The van der Waals surface area contributed by atoms with Gasteiger partial charge in [-0.1, -0.05) is 47.2 Å². The van der Waals surface area contributed by atoms with Crippen molar-refractivity contribution in [2.75, 3.05) is 0 Å². The second kappa shape index (κ2) is 7.16. The van der Waals surface area contributed by atoms with Crippen molar-refractivity contribution in [3.63, 3.8) is 0 Å². The summed E-state index contributed by atoms with van der Waals surface area (Å²) >= 11 is 1.23. The number of hydrogen-bond donors (Lipinski definition) is 0. The Morgan fingerprint density at radius 2 is 1.71 bits per heavy atom. The lowest BCUT2D eigenvalue weighted by atomic mass is 10.1. The lowest BCUT2D eigenvalue weighted by Gasteiger charge is -1.93. The van der Waals surface area contributed by atoms with Crippen molar-refractivity contribution < 1.29 is 4.92 Å². The van der Waals surface area contributed by atoms with E-state index in [1.54, 1.807) is 24.3 Å². The van der Waals surface area contributed by atoms with Crippen LogP contribution in [-0.2, 0) is 0 Å². The summed E-state index contributed by atoms with van der Waals surface area (Å²) in [7, 11) is 0. The molecule has 28 heavy (non-hydrogen) atoms. The van der Waals surface area contributed by atoms with E-state index >= 15 is 0 Å². The number of hydrogen-bond acceptors (Lipinski definition) is 6. The molecule has 4 rings (SSSR count). The van der Waals surface area contributed by atoms with Gasteiger partial charge in [0, 0.05) is 12.1 Å². The maximum Gasteiger partial charge on any atom is 0.291 e. The number of nitrogens with zero attached hydrogens (tertiary/aromatic N) is 4. The predicted molar refractivity (Wildman–Crippen MR) is 109 cm³/mol. The van der Waals surface area contributed by atoms with Crippen LogP contribution < -0.4 is 10.1 Å². The third-order valence-corrected chi connectivity index (χ3v) is 5.06. The summed E-state index contributed by atoms with van der Waals surface area (Å²) in [4.78, 5) is 27.7. The fraction of sp³-hybridized carbons (Fsp3) is 0.0500. The van der Waals surface area contributed by atoms with E-state index in [1.165, 1.54) is 33.5 Å². The fourth-order valence-corrected chi connectivity index (χ4v) is 3.53. The zero-order chi connectivity index (χ0) is 19.7. The minimum atomic E-state index is -0.461. The SMILES string of the molecule is Cc1ccc(/C=C/c2nc3s/c(=C\c4ccc([N+](=O)[O-])cc4)c(=O)n3n2)cc1. The Hall–Kier alpha value is -3.65. The molecule has 2 heterocycles. The first kappa shape index (κ1) is 17.7. The van der Waals surface area contributed by atoms with E-state index < -0.39 is 4.92 Å². The summed E-state index contributed by atoms with van der Waals surface area (Å²) in [5.41, 5.74) is 2.66. The number of fused-ring (bicyclic) bond motifs is 1. The van der Waals surface area contributed by atoms with E-state index in [0.717, 1.165) is 5.56 Å². The number of nitro groups is 1. The van der Waals surface area contributed by atoms with Crippen molar-refractivity contribution in [3.8, 4) is 0 Å². The topological polar surface area (TPSA) is 90.4 Å². The molecular weight excluding hydrogens is 376 g/mol. The Labute approximate surface area is 163 Å². The Bertz CT molecular complexity index is 1300. The van der Waals surface area contributed by atoms with Crippen LogP contribution in [0.3, 0.4) is 0 Å². The summed E-state index contributed by atoms with van der Waals surface area (Å²) in [6.45, 7) is 2.03. The van der Waals surface area contributed by atoms with E-state index in [2.05, 4.69) is 10.1 Å². The lowest BCUT2D eigenvalue weighted by molar-refractivity contribution is -0.384. The summed E-state index contributed by atoms with van der Waals surface area (Å²) in [6, 6.07) is 14.1. The molecule has 0 saturated carbocycles. The maximum atomic E-state index is 12.5. The van der Waals surface area contributed by atoms with Crippen molar-refractivity contribution in [2.45, 2.75) is 6.92 Å². The highest BCUT2D eigenvalue weighted by Gasteiger charge is 2.09. The first-order valence-corrected chi connectivity index (χ1v) is 9.22. The third-order valence-electron chi connectivity index (χ3n) is 4.10. The summed E-state index contributed by atoms with van der Waals surface area (Å²) in [5, 5.41) is 15.0. The summed E-state index contributed by atoms with van der Waals surface area (Å²) < 4.78 is 1.74. The maximum absolute atomic E-state index is 12.5. The molecule has 0 radical (unpaired) electrons. The number of aromatic nitrogens is 3. The van der Waals surface area contributed by atoms with Crippen LogP contribution >= 0.6 is 11.3 Å². The molecule has 0 aliphatic heterocycles. The molecule has 0 spiro atoms. The van der Waals surface area contributed by atoms with Gasteiger partial charge in [0.2, 0.25) is 4.96 Å². The predicted octanol–water partition coefficient (Wildman–Crippen LogP) is 3.09. The molecule has 0 N–H and O–H groups in total. The van der Waals surface area contributed by atoms with Gasteiger partial charge in [-0.15, -0.1) is 5.10 Å². The molecule has 4 aromatic rings. The molecule has 0 aliphatic carbocycles. The highest BCUT2D eigenvalue weighted by molar-refractivity contribution is 7.15. The molecule has 0 saturated heterocycles. The third kappa shape index (κ3) is 3.58. The largest absolute Gasteiger partial charge is 0.291 e.